The quantitative estimate of drug-likeness (QED) is 0.492. The number of carbonyl (C=O) groups excluding carboxylic acids is 1. The Morgan fingerprint density at radius 1 is 1.57 bits per heavy atom. The minimum Gasteiger partial charge on any atom is -0.393 e. The highest BCUT2D eigenvalue weighted by molar-refractivity contribution is 5.78. The molecule has 0 aliphatic carbocycles. The van der Waals surface area contributed by atoms with Crippen molar-refractivity contribution in [1.29, 1.82) is 0 Å². The van der Waals surface area contributed by atoms with Gasteiger partial charge in [0, 0.05) is 26.2 Å². The zero-order chi connectivity index (χ0) is 15.4. The van der Waals surface area contributed by atoms with Crippen LogP contribution >= 0.6 is 0 Å². The summed E-state index contributed by atoms with van der Waals surface area (Å²) in [5.74, 6) is 0.0852. The third-order valence-corrected chi connectivity index (χ3v) is 3.82. The average molecular weight is 292 g/mol. The Bertz CT molecular complexity index is 547. The maximum Gasteiger partial charge on any atom is 0.292 e. The van der Waals surface area contributed by atoms with E-state index in [-0.39, 0.29) is 23.2 Å². The molecule has 2 rings (SSSR count). The van der Waals surface area contributed by atoms with Gasteiger partial charge in [0.1, 0.15) is 5.69 Å². The lowest BCUT2D eigenvalue weighted by Gasteiger charge is -2.31. The number of nitro benzene ring substituents is 1. The molecule has 1 saturated heterocycles. The van der Waals surface area contributed by atoms with Gasteiger partial charge in [-0.3, -0.25) is 19.8 Å². The van der Waals surface area contributed by atoms with Crippen LogP contribution in [-0.4, -0.2) is 35.9 Å². The fourth-order valence-corrected chi connectivity index (χ4v) is 2.74. The van der Waals surface area contributed by atoms with E-state index in [1.54, 1.807) is 19.2 Å². The molecule has 1 aliphatic heterocycles. The van der Waals surface area contributed by atoms with Crippen molar-refractivity contribution >= 4 is 17.3 Å². The number of rotatable bonds is 4. The first-order valence-electron chi connectivity index (χ1n) is 6.98. The van der Waals surface area contributed by atoms with Crippen molar-refractivity contribution in [3.63, 3.8) is 0 Å². The third kappa shape index (κ3) is 3.69. The number of hydrogen-bond donors (Lipinski definition) is 2. The Balaban J connectivity index is 2.03. The Hall–Kier alpha value is -2.15. The van der Waals surface area contributed by atoms with Crippen molar-refractivity contribution in [3.8, 4) is 0 Å². The molecule has 0 saturated carbocycles. The molecule has 7 nitrogen and oxygen atoms in total. The number of likely N-dealkylation sites (tertiary alicyclic amines) is 1. The molecule has 7 heteroatoms. The van der Waals surface area contributed by atoms with E-state index in [1.165, 1.54) is 6.07 Å². The molecule has 114 valence electrons. The Kier molecular flexibility index (Phi) is 4.74. The van der Waals surface area contributed by atoms with Crippen LogP contribution in [0.5, 0.6) is 0 Å². The fraction of sp³-hybridized carbons (Fsp3) is 0.500. The molecule has 3 N–H and O–H groups in total. The topological polar surface area (TPSA) is 102 Å². The Morgan fingerprint density at radius 3 is 2.95 bits per heavy atom. The standard InChI is InChI=1S/C14H20N4O3/c1-16-14(19)11-3-2-6-17(9-11)8-10-4-5-13(18(20)21)12(15)7-10/h4-5,7,11H,2-3,6,8-9,15H2,1H3,(H,16,19). The number of nitrogens with zero attached hydrogens (tertiary/aromatic N) is 2. The number of hydrogen-bond acceptors (Lipinski definition) is 5. The summed E-state index contributed by atoms with van der Waals surface area (Å²) in [6.07, 6.45) is 1.87. The summed E-state index contributed by atoms with van der Waals surface area (Å²) >= 11 is 0. The second-order valence-corrected chi connectivity index (χ2v) is 5.34. The molecule has 0 spiro atoms. The number of amides is 1. The zero-order valence-corrected chi connectivity index (χ0v) is 12.0. The predicted octanol–water partition coefficient (Wildman–Crippen LogP) is 1.13. The van der Waals surface area contributed by atoms with Crippen LogP contribution < -0.4 is 11.1 Å². The summed E-state index contributed by atoms with van der Waals surface area (Å²) in [5.41, 5.74) is 6.74. The number of nitro groups is 1. The smallest absolute Gasteiger partial charge is 0.292 e. The number of anilines is 1. The first kappa shape index (κ1) is 15.2. The van der Waals surface area contributed by atoms with E-state index in [0.717, 1.165) is 24.9 Å². The van der Waals surface area contributed by atoms with Gasteiger partial charge in [-0.05, 0) is 31.0 Å². The molecule has 1 heterocycles. The predicted molar refractivity (Wildman–Crippen MR) is 79.6 cm³/mol. The highest BCUT2D eigenvalue weighted by atomic mass is 16.6. The lowest BCUT2D eigenvalue weighted by molar-refractivity contribution is -0.383. The van der Waals surface area contributed by atoms with Crippen LogP contribution in [0.3, 0.4) is 0 Å². The molecule has 21 heavy (non-hydrogen) atoms. The summed E-state index contributed by atoms with van der Waals surface area (Å²) < 4.78 is 0. The number of nitrogens with one attached hydrogen (secondary N) is 1. The fourth-order valence-electron chi connectivity index (χ4n) is 2.74. The van der Waals surface area contributed by atoms with Crippen LogP contribution in [0.25, 0.3) is 0 Å². The minimum atomic E-state index is -0.485. The Morgan fingerprint density at radius 2 is 2.33 bits per heavy atom. The molecule has 1 atom stereocenters. The van der Waals surface area contributed by atoms with E-state index >= 15 is 0 Å². The minimum absolute atomic E-state index is 0.0131. The van der Waals surface area contributed by atoms with Gasteiger partial charge in [0.05, 0.1) is 10.8 Å². The molecule has 1 aromatic carbocycles. The average Bonchev–Trinajstić information content (AvgIpc) is 2.46. The molecule has 0 bridgehead atoms. The molecule has 0 radical (unpaired) electrons. The van der Waals surface area contributed by atoms with Crippen LogP contribution in [0.1, 0.15) is 18.4 Å². The third-order valence-electron chi connectivity index (χ3n) is 3.82. The molecule has 1 aliphatic rings. The van der Waals surface area contributed by atoms with E-state index < -0.39 is 4.92 Å². The van der Waals surface area contributed by atoms with Gasteiger partial charge in [0.2, 0.25) is 5.91 Å². The highest BCUT2D eigenvalue weighted by Crippen LogP contribution is 2.24. The molecule has 0 aromatic heterocycles. The lowest BCUT2D eigenvalue weighted by atomic mass is 9.96. The summed E-state index contributed by atoms with van der Waals surface area (Å²) in [7, 11) is 1.65. The molecular formula is C14H20N4O3. The monoisotopic (exact) mass is 292 g/mol. The van der Waals surface area contributed by atoms with Crippen LogP contribution in [0.2, 0.25) is 0 Å². The van der Waals surface area contributed by atoms with Crippen LogP contribution in [-0.2, 0) is 11.3 Å². The molecule has 1 unspecified atom stereocenters. The largest absolute Gasteiger partial charge is 0.393 e. The first-order chi connectivity index (χ1) is 10.0. The van der Waals surface area contributed by atoms with Crippen molar-refractivity contribution in [2.45, 2.75) is 19.4 Å². The SMILES string of the molecule is CNC(=O)C1CCCN(Cc2ccc([N+](=O)[O-])c(N)c2)C1. The summed E-state index contributed by atoms with van der Waals surface area (Å²) in [6, 6.07) is 4.80. The van der Waals surface area contributed by atoms with Crippen LogP contribution in [0.4, 0.5) is 11.4 Å². The zero-order valence-electron chi connectivity index (χ0n) is 12.0. The van der Waals surface area contributed by atoms with Crippen molar-refractivity contribution < 1.29 is 9.72 Å². The molecule has 1 amide bonds. The van der Waals surface area contributed by atoms with Gasteiger partial charge in [-0.2, -0.15) is 0 Å². The number of nitrogen functional groups attached to an aromatic ring is 1. The summed E-state index contributed by atoms with van der Waals surface area (Å²) in [6.45, 7) is 2.27. The Labute approximate surface area is 123 Å². The first-order valence-corrected chi connectivity index (χ1v) is 6.98. The van der Waals surface area contributed by atoms with Crippen molar-refractivity contribution in [1.82, 2.24) is 10.2 Å². The van der Waals surface area contributed by atoms with Gasteiger partial charge in [-0.1, -0.05) is 6.07 Å². The van der Waals surface area contributed by atoms with E-state index in [0.29, 0.717) is 13.1 Å². The van der Waals surface area contributed by atoms with E-state index in [9.17, 15) is 14.9 Å². The lowest BCUT2D eigenvalue weighted by Crippen LogP contribution is -2.41. The number of carbonyl (C=O) groups is 1. The second kappa shape index (κ2) is 6.53. The van der Waals surface area contributed by atoms with Crippen molar-refractivity contribution in [2.24, 2.45) is 5.92 Å². The van der Waals surface area contributed by atoms with E-state index in [2.05, 4.69) is 10.2 Å². The highest BCUT2D eigenvalue weighted by Gasteiger charge is 2.25. The van der Waals surface area contributed by atoms with Gasteiger partial charge in [-0.25, -0.2) is 0 Å². The molecule has 1 fully saturated rings. The summed E-state index contributed by atoms with van der Waals surface area (Å²) in [5, 5.41) is 13.4. The van der Waals surface area contributed by atoms with Gasteiger partial charge in [-0.15, -0.1) is 0 Å². The maximum atomic E-state index is 11.7. The molecule has 1 aromatic rings. The second-order valence-electron chi connectivity index (χ2n) is 5.34. The normalized spacial score (nSPS) is 19.2. The summed E-state index contributed by atoms with van der Waals surface area (Å²) in [4.78, 5) is 24.2. The molecular weight excluding hydrogens is 272 g/mol. The van der Waals surface area contributed by atoms with Crippen molar-refractivity contribution in [3.05, 3.63) is 33.9 Å². The van der Waals surface area contributed by atoms with Crippen LogP contribution in [0.15, 0.2) is 18.2 Å². The van der Waals surface area contributed by atoms with Crippen molar-refractivity contribution in [2.75, 3.05) is 25.9 Å². The maximum absolute atomic E-state index is 11.7. The van der Waals surface area contributed by atoms with E-state index in [1.807, 2.05) is 0 Å². The van der Waals surface area contributed by atoms with Gasteiger partial charge >= 0.3 is 0 Å². The number of nitrogens with two attached hydrogens (primary N) is 1. The number of benzene rings is 1. The van der Waals surface area contributed by atoms with Gasteiger partial charge in [0.15, 0.2) is 0 Å². The van der Waals surface area contributed by atoms with Gasteiger partial charge < -0.3 is 11.1 Å². The van der Waals surface area contributed by atoms with E-state index in [4.69, 9.17) is 5.73 Å². The number of piperidine rings is 1. The van der Waals surface area contributed by atoms with Crippen LogP contribution in [0, 0.1) is 16.0 Å². The van der Waals surface area contributed by atoms with Gasteiger partial charge in [0.25, 0.3) is 5.69 Å².